The van der Waals surface area contributed by atoms with Crippen LogP contribution in [0.15, 0.2) is 46.2 Å². The number of sulfonamides is 2. The maximum Gasteiger partial charge on any atom is 0.241 e. The molecule has 1 saturated heterocycles. The van der Waals surface area contributed by atoms with E-state index in [0.717, 1.165) is 0 Å². The van der Waals surface area contributed by atoms with Gasteiger partial charge in [0.05, 0.1) is 0 Å². The van der Waals surface area contributed by atoms with Crippen LogP contribution in [0.4, 0.5) is 5.95 Å². The van der Waals surface area contributed by atoms with Crippen molar-refractivity contribution >= 4 is 26.0 Å². The summed E-state index contributed by atoms with van der Waals surface area (Å²) in [5, 5.41) is 12.1. The molecule has 1 fully saturated rings. The van der Waals surface area contributed by atoms with Gasteiger partial charge in [-0.2, -0.15) is 16.1 Å². The van der Waals surface area contributed by atoms with E-state index < -0.39 is 36.0 Å². The van der Waals surface area contributed by atoms with E-state index in [1.54, 1.807) is 24.3 Å². The van der Waals surface area contributed by atoms with Gasteiger partial charge in [-0.15, -0.1) is 5.10 Å². The molecule has 0 bridgehead atoms. The number of aromatic nitrogens is 3. The van der Waals surface area contributed by atoms with Gasteiger partial charge < -0.3 is 11.5 Å². The molecule has 17 heteroatoms. The lowest BCUT2D eigenvalue weighted by atomic mass is 9.96. The van der Waals surface area contributed by atoms with Gasteiger partial charge in [-0.1, -0.05) is 24.3 Å². The second-order valence-electron chi connectivity index (χ2n) is 7.18. The van der Waals surface area contributed by atoms with Gasteiger partial charge in [0.2, 0.25) is 26.0 Å². The van der Waals surface area contributed by atoms with Crippen LogP contribution >= 0.6 is 0 Å². The number of rotatable bonds is 8. The fourth-order valence-corrected chi connectivity index (χ4v) is 6.23. The standard InChI is InChI=1S/C17H23N11O4S2/c18-6-7-21-34(31,32)12-5-4-11(13(14(12)33(20,29)30)16-24-27-28-25-16)9-2-1-3-10(8-9)15-22-17(19)26-23-15/h1-5,8,16,21,24-25,27-28H,6-7,18H2,(H2,20,29,30)(H3,19,22,23,26). The van der Waals surface area contributed by atoms with Crippen molar-refractivity contribution in [2.24, 2.45) is 10.9 Å². The molecular weight excluding hydrogens is 486 g/mol. The van der Waals surface area contributed by atoms with E-state index in [0.29, 0.717) is 22.5 Å². The van der Waals surface area contributed by atoms with Crippen LogP contribution in [0.25, 0.3) is 22.5 Å². The first kappa shape index (κ1) is 24.1. The molecule has 182 valence electrons. The van der Waals surface area contributed by atoms with Gasteiger partial charge in [0.15, 0.2) is 5.82 Å². The maximum absolute atomic E-state index is 12.9. The van der Waals surface area contributed by atoms with Crippen LogP contribution in [0.2, 0.25) is 0 Å². The van der Waals surface area contributed by atoms with Crippen molar-refractivity contribution in [1.29, 1.82) is 0 Å². The minimum atomic E-state index is -4.53. The highest BCUT2D eigenvalue weighted by Gasteiger charge is 2.34. The molecule has 0 radical (unpaired) electrons. The number of H-pyrrole nitrogens is 1. The van der Waals surface area contributed by atoms with Gasteiger partial charge >= 0.3 is 0 Å². The van der Waals surface area contributed by atoms with Gasteiger partial charge in [-0.25, -0.2) is 37.5 Å². The lowest BCUT2D eigenvalue weighted by Crippen LogP contribution is -2.33. The van der Waals surface area contributed by atoms with Gasteiger partial charge in [-0.05, 0) is 23.3 Å². The number of primary sulfonamides is 1. The predicted molar refractivity (Wildman–Crippen MR) is 123 cm³/mol. The summed E-state index contributed by atoms with van der Waals surface area (Å²) in [6, 6.07) is 9.62. The molecule has 0 atom stereocenters. The Balaban J connectivity index is 1.98. The first-order valence-electron chi connectivity index (χ1n) is 9.81. The quantitative estimate of drug-likeness (QED) is 0.156. The highest BCUT2D eigenvalue weighted by atomic mass is 32.2. The van der Waals surface area contributed by atoms with Crippen molar-refractivity contribution in [2.75, 3.05) is 18.8 Å². The second kappa shape index (κ2) is 9.33. The number of anilines is 1. The zero-order chi connectivity index (χ0) is 24.5. The lowest BCUT2D eigenvalue weighted by molar-refractivity contribution is 0.533. The first-order chi connectivity index (χ1) is 16.1. The second-order valence-corrected chi connectivity index (χ2v) is 10.4. The predicted octanol–water partition coefficient (Wildman–Crippen LogP) is -2.28. The van der Waals surface area contributed by atoms with E-state index in [-0.39, 0.29) is 24.6 Å². The van der Waals surface area contributed by atoms with Crippen LogP contribution in [0, 0.1) is 0 Å². The Morgan fingerprint density at radius 3 is 2.35 bits per heavy atom. The molecule has 0 aliphatic carbocycles. The molecule has 0 spiro atoms. The molecule has 3 aromatic rings. The number of hydrogen-bond donors (Lipinski definition) is 9. The van der Waals surface area contributed by atoms with Gasteiger partial charge in [0, 0.05) is 24.2 Å². The molecule has 1 aliphatic rings. The van der Waals surface area contributed by atoms with Crippen LogP contribution in [0.3, 0.4) is 0 Å². The number of nitrogen functional groups attached to an aromatic ring is 1. The third-order valence-electron chi connectivity index (χ3n) is 4.90. The lowest BCUT2D eigenvalue weighted by Gasteiger charge is -2.22. The fraction of sp³-hybridized carbons (Fsp3) is 0.176. The number of hydrogen-bond acceptors (Lipinski definition) is 12. The fourth-order valence-electron chi connectivity index (χ4n) is 3.53. The van der Waals surface area contributed by atoms with E-state index >= 15 is 0 Å². The minimum absolute atomic E-state index is 0.0212. The van der Waals surface area contributed by atoms with E-state index in [1.165, 1.54) is 12.1 Å². The Morgan fingerprint density at radius 1 is 1.03 bits per heavy atom. The average Bonchev–Trinajstić information content (AvgIpc) is 3.48. The van der Waals surface area contributed by atoms with Gasteiger partial charge in [0.1, 0.15) is 16.0 Å². The van der Waals surface area contributed by atoms with Crippen molar-refractivity contribution in [3.63, 3.8) is 0 Å². The molecule has 4 rings (SSSR count). The Morgan fingerprint density at radius 2 is 1.74 bits per heavy atom. The van der Waals surface area contributed by atoms with Crippen molar-refractivity contribution in [3.05, 3.63) is 42.0 Å². The third kappa shape index (κ3) is 4.78. The molecule has 0 unspecified atom stereocenters. The number of nitrogens with one attached hydrogen (secondary N) is 6. The molecule has 12 N–H and O–H groups in total. The highest BCUT2D eigenvalue weighted by molar-refractivity contribution is 7.92. The normalized spacial score (nSPS) is 15.1. The molecule has 0 amide bonds. The highest BCUT2D eigenvalue weighted by Crippen LogP contribution is 2.37. The summed E-state index contributed by atoms with van der Waals surface area (Å²) in [4.78, 5) is 3.03. The SMILES string of the molecule is NCCNS(=O)(=O)c1ccc(-c2cccc(-c3nc(N)n[nH]3)c2)c(C2NNNN2)c1S(N)(=O)=O. The number of benzene rings is 2. The molecule has 2 heterocycles. The molecular formula is C17H23N11O4S2. The number of aromatic amines is 1. The Kier molecular flexibility index (Phi) is 6.62. The number of nitrogens with two attached hydrogens (primary N) is 3. The maximum atomic E-state index is 12.9. The van der Waals surface area contributed by atoms with Crippen molar-refractivity contribution in [1.82, 2.24) is 41.8 Å². The topological polar surface area (TPSA) is 248 Å². The minimum Gasteiger partial charge on any atom is -0.366 e. The summed E-state index contributed by atoms with van der Waals surface area (Å²) >= 11 is 0. The third-order valence-corrected chi connectivity index (χ3v) is 7.55. The first-order valence-corrected chi connectivity index (χ1v) is 12.8. The largest absolute Gasteiger partial charge is 0.366 e. The van der Waals surface area contributed by atoms with Gasteiger partial charge in [-0.3, -0.25) is 5.10 Å². The van der Waals surface area contributed by atoms with E-state index in [1.807, 2.05) is 0 Å². The van der Waals surface area contributed by atoms with Crippen LogP contribution in [0.1, 0.15) is 11.7 Å². The zero-order valence-corrected chi connectivity index (χ0v) is 19.2. The molecule has 1 aromatic heterocycles. The summed E-state index contributed by atoms with van der Waals surface area (Å²) in [6.07, 6.45) is -0.877. The summed E-state index contributed by atoms with van der Waals surface area (Å²) in [5.41, 5.74) is 23.4. The average molecular weight is 510 g/mol. The van der Waals surface area contributed by atoms with Crippen LogP contribution < -0.4 is 43.2 Å². The van der Waals surface area contributed by atoms with Crippen molar-refractivity contribution < 1.29 is 16.8 Å². The molecule has 15 nitrogen and oxygen atoms in total. The van der Waals surface area contributed by atoms with E-state index in [2.05, 4.69) is 41.8 Å². The van der Waals surface area contributed by atoms with E-state index in [9.17, 15) is 16.8 Å². The number of nitrogens with zero attached hydrogens (tertiary/aromatic N) is 2. The smallest absolute Gasteiger partial charge is 0.241 e. The zero-order valence-electron chi connectivity index (χ0n) is 17.5. The van der Waals surface area contributed by atoms with Crippen molar-refractivity contribution in [3.8, 4) is 22.5 Å². The van der Waals surface area contributed by atoms with E-state index in [4.69, 9.17) is 16.6 Å². The molecule has 1 aliphatic heterocycles. The Hall–Kier alpha value is -3.00. The number of hydrazine groups is 3. The Labute approximate surface area is 194 Å². The van der Waals surface area contributed by atoms with Crippen LogP contribution in [0.5, 0.6) is 0 Å². The summed E-state index contributed by atoms with van der Waals surface area (Å²) in [7, 11) is -8.79. The summed E-state index contributed by atoms with van der Waals surface area (Å²) in [5.74, 6) is 0.465. The van der Waals surface area contributed by atoms with Crippen LogP contribution in [-0.4, -0.2) is 45.1 Å². The molecule has 34 heavy (non-hydrogen) atoms. The van der Waals surface area contributed by atoms with Crippen LogP contribution in [-0.2, 0) is 20.0 Å². The summed E-state index contributed by atoms with van der Waals surface area (Å²) in [6.45, 7) is -0.0672. The molecule has 2 aromatic carbocycles. The van der Waals surface area contributed by atoms with Crippen molar-refractivity contribution in [2.45, 2.75) is 16.0 Å². The monoisotopic (exact) mass is 509 g/mol. The summed E-state index contributed by atoms with van der Waals surface area (Å²) < 4.78 is 53.6. The van der Waals surface area contributed by atoms with Gasteiger partial charge in [0.25, 0.3) is 0 Å². The molecule has 0 saturated carbocycles. The Bertz CT molecular complexity index is 1420.